The molecule has 0 saturated heterocycles. The van der Waals surface area contributed by atoms with E-state index in [9.17, 15) is 0 Å². The van der Waals surface area contributed by atoms with Gasteiger partial charge in [-0.3, -0.25) is 0 Å². The Kier molecular flexibility index (Phi) is 5.96. The third-order valence-corrected chi connectivity index (χ3v) is 2.36. The molecule has 0 saturated carbocycles. The van der Waals surface area contributed by atoms with Gasteiger partial charge in [0, 0.05) is 19.6 Å². The summed E-state index contributed by atoms with van der Waals surface area (Å²) in [6, 6.07) is 4.34. The first-order valence-electron chi connectivity index (χ1n) is 5.77. The Morgan fingerprint density at radius 2 is 2.19 bits per heavy atom. The fourth-order valence-electron chi connectivity index (χ4n) is 1.53. The molecule has 1 N–H and O–H groups in total. The van der Waals surface area contributed by atoms with Crippen molar-refractivity contribution in [3.63, 3.8) is 0 Å². The predicted molar refractivity (Wildman–Crippen MR) is 64.4 cm³/mol. The van der Waals surface area contributed by atoms with E-state index in [0.717, 1.165) is 30.8 Å². The molecule has 16 heavy (non-hydrogen) atoms. The summed E-state index contributed by atoms with van der Waals surface area (Å²) in [7, 11) is 1.72. The first-order chi connectivity index (χ1) is 7.76. The average molecular weight is 223 g/mol. The van der Waals surface area contributed by atoms with Crippen LogP contribution in [-0.2, 0) is 11.2 Å². The second-order valence-electron chi connectivity index (χ2n) is 3.98. The van der Waals surface area contributed by atoms with Crippen LogP contribution in [0, 0.1) is 6.92 Å². The number of hydrogen-bond acceptors (Lipinski definition) is 4. The molecule has 1 heterocycles. The quantitative estimate of drug-likeness (QED) is 0.758. The largest absolute Gasteiger partial charge is 0.383 e. The number of methoxy groups -OCH3 is 1. The van der Waals surface area contributed by atoms with Gasteiger partial charge in [0.2, 0.25) is 0 Å². The van der Waals surface area contributed by atoms with E-state index in [0.29, 0.717) is 12.6 Å². The number of hydrogen-bond donors (Lipinski definition) is 1. The van der Waals surface area contributed by atoms with Crippen LogP contribution in [0.15, 0.2) is 12.1 Å². The van der Waals surface area contributed by atoms with Gasteiger partial charge in [0.15, 0.2) is 0 Å². The van der Waals surface area contributed by atoms with Crippen LogP contribution < -0.4 is 5.32 Å². The smallest absolute Gasteiger partial charge is 0.0647 e. The highest BCUT2D eigenvalue weighted by molar-refractivity contribution is 5.06. The molecule has 0 aliphatic heterocycles. The molecule has 90 valence electrons. The summed E-state index contributed by atoms with van der Waals surface area (Å²) in [5.41, 5.74) is 1.96. The van der Waals surface area contributed by atoms with Gasteiger partial charge in [-0.05, 0) is 32.0 Å². The lowest BCUT2D eigenvalue weighted by atomic mass is 10.1. The number of nitrogens with one attached hydrogen (secondary N) is 1. The summed E-state index contributed by atoms with van der Waals surface area (Å²) < 4.78 is 5.19. The maximum absolute atomic E-state index is 5.19. The van der Waals surface area contributed by atoms with Gasteiger partial charge < -0.3 is 10.1 Å². The van der Waals surface area contributed by atoms with Crippen molar-refractivity contribution < 1.29 is 4.74 Å². The van der Waals surface area contributed by atoms with Crippen LogP contribution in [-0.4, -0.2) is 36.5 Å². The topological polar surface area (TPSA) is 47.0 Å². The highest BCUT2D eigenvalue weighted by atomic mass is 16.5. The molecular weight excluding hydrogens is 202 g/mol. The minimum atomic E-state index is 0.321. The Bertz CT molecular complexity index is 287. The molecule has 0 radical (unpaired) electrons. The highest BCUT2D eigenvalue weighted by Crippen LogP contribution is 2.00. The summed E-state index contributed by atoms with van der Waals surface area (Å²) in [4.78, 5) is 0. The number of aryl methyl sites for hydroxylation is 1. The molecule has 0 aromatic carbocycles. The van der Waals surface area contributed by atoms with Crippen LogP contribution in [0.25, 0.3) is 0 Å². The average Bonchev–Trinajstić information content (AvgIpc) is 2.29. The zero-order chi connectivity index (χ0) is 11.8. The van der Waals surface area contributed by atoms with Gasteiger partial charge in [0.05, 0.1) is 18.0 Å². The van der Waals surface area contributed by atoms with Crippen molar-refractivity contribution in [3.8, 4) is 0 Å². The summed E-state index contributed by atoms with van der Waals surface area (Å²) in [5.74, 6) is 0. The molecule has 0 fully saturated rings. The Balaban J connectivity index is 2.49. The monoisotopic (exact) mass is 223 g/mol. The normalized spacial score (nSPS) is 12.7. The van der Waals surface area contributed by atoms with E-state index in [4.69, 9.17) is 4.74 Å². The zero-order valence-electron chi connectivity index (χ0n) is 10.4. The van der Waals surface area contributed by atoms with Crippen molar-refractivity contribution in [3.05, 3.63) is 23.5 Å². The van der Waals surface area contributed by atoms with E-state index in [1.807, 2.05) is 19.1 Å². The lowest BCUT2D eigenvalue weighted by Crippen LogP contribution is -2.36. The van der Waals surface area contributed by atoms with Gasteiger partial charge in [0.25, 0.3) is 0 Å². The van der Waals surface area contributed by atoms with Crippen molar-refractivity contribution in [1.82, 2.24) is 15.5 Å². The van der Waals surface area contributed by atoms with Crippen molar-refractivity contribution in [1.29, 1.82) is 0 Å². The second kappa shape index (κ2) is 7.30. The van der Waals surface area contributed by atoms with Gasteiger partial charge in [-0.15, -0.1) is 0 Å². The van der Waals surface area contributed by atoms with Gasteiger partial charge in [-0.2, -0.15) is 10.2 Å². The summed E-state index contributed by atoms with van der Waals surface area (Å²) in [6.07, 6.45) is 1.99. The van der Waals surface area contributed by atoms with E-state index in [1.54, 1.807) is 7.11 Å². The van der Waals surface area contributed by atoms with Crippen LogP contribution in [0.3, 0.4) is 0 Å². The van der Waals surface area contributed by atoms with Crippen molar-refractivity contribution in [2.75, 3.05) is 20.3 Å². The lowest BCUT2D eigenvalue weighted by molar-refractivity contribution is 0.165. The molecule has 0 amide bonds. The van der Waals surface area contributed by atoms with E-state index in [1.165, 1.54) is 0 Å². The first kappa shape index (κ1) is 13.1. The van der Waals surface area contributed by atoms with Crippen LogP contribution >= 0.6 is 0 Å². The molecule has 1 rings (SSSR count). The van der Waals surface area contributed by atoms with E-state index in [2.05, 4.69) is 22.4 Å². The molecule has 1 aromatic heterocycles. The van der Waals surface area contributed by atoms with Gasteiger partial charge >= 0.3 is 0 Å². The Morgan fingerprint density at radius 3 is 2.75 bits per heavy atom. The van der Waals surface area contributed by atoms with Crippen molar-refractivity contribution in [2.45, 2.75) is 32.7 Å². The van der Waals surface area contributed by atoms with Gasteiger partial charge in [0.1, 0.15) is 0 Å². The Labute approximate surface area is 97.4 Å². The fourth-order valence-corrected chi connectivity index (χ4v) is 1.53. The SMILES string of the molecule is CCCNC(COC)Cc1ccc(C)nn1. The zero-order valence-corrected chi connectivity index (χ0v) is 10.4. The molecule has 0 spiro atoms. The molecule has 1 unspecified atom stereocenters. The first-order valence-corrected chi connectivity index (χ1v) is 5.77. The highest BCUT2D eigenvalue weighted by Gasteiger charge is 2.09. The Hall–Kier alpha value is -1.00. The molecule has 0 aliphatic carbocycles. The van der Waals surface area contributed by atoms with E-state index in [-0.39, 0.29) is 0 Å². The summed E-state index contributed by atoms with van der Waals surface area (Å²) >= 11 is 0. The van der Waals surface area contributed by atoms with Crippen LogP contribution in [0.1, 0.15) is 24.7 Å². The lowest BCUT2D eigenvalue weighted by Gasteiger charge is -2.16. The van der Waals surface area contributed by atoms with Crippen molar-refractivity contribution in [2.24, 2.45) is 0 Å². The molecule has 1 atom stereocenters. The predicted octanol–water partition coefficient (Wildman–Crippen LogP) is 1.34. The molecule has 0 bridgehead atoms. The fraction of sp³-hybridized carbons (Fsp3) is 0.667. The molecular formula is C12H21N3O. The summed E-state index contributed by atoms with van der Waals surface area (Å²) in [5, 5.41) is 11.7. The van der Waals surface area contributed by atoms with Crippen LogP contribution in [0.2, 0.25) is 0 Å². The minimum absolute atomic E-state index is 0.321. The van der Waals surface area contributed by atoms with Crippen LogP contribution in [0.5, 0.6) is 0 Å². The molecule has 4 heteroatoms. The Morgan fingerprint density at radius 1 is 1.38 bits per heavy atom. The second-order valence-corrected chi connectivity index (χ2v) is 3.98. The maximum atomic E-state index is 5.19. The standard InChI is InChI=1S/C12H21N3O/c1-4-7-13-12(9-16-3)8-11-6-5-10(2)14-15-11/h5-6,12-13H,4,7-9H2,1-3H3. The van der Waals surface area contributed by atoms with E-state index >= 15 is 0 Å². The van der Waals surface area contributed by atoms with Gasteiger partial charge in [-0.1, -0.05) is 6.92 Å². The molecule has 1 aromatic rings. The van der Waals surface area contributed by atoms with Crippen LogP contribution in [0.4, 0.5) is 0 Å². The number of aromatic nitrogens is 2. The summed E-state index contributed by atoms with van der Waals surface area (Å²) in [6.45, 7) is 5.81. The van der Waals surface area contributed by atoms with E-state index < -0.39 is 0 Å². The van der Waals surface area contributed by atoms with Gasteiger partial charge in [-0.25, -0.2) is 0 Å². The maximum Gasteiger partial charge on any atom is 0.0647 e. The van der Waals surface area contributed by atoms with Crippen molar-refractivity contribution >= 4 is 0 Å². The third-order valence-electron chi connectivity index (χ3n) is 2.36. The minimum Gasteiger partial charge on any atom is -0.383 e. The third kappa shape index (κ3) is 4.68. The number of rotatable bonds is 7. The molecule has 0 aliphatic rings. The molecule has 4 nitrogen and oxygen atoms in total. The number of ether oxygens (including phenoxy) is 1. The number of nitrogens with zero attached hydrogens (tertiary/aromatic N) is 2.